The van der Waals surface area contributed by atoms with Crippen molar-refractivity contribution in [1.29, 1.82) is 0 Å². The first-order valence-electron chi connectivity index (χ1n) is 9.70. The monoisotopic (exact) mass is 399 g/mol. The minimum absolute atomic E-state index is 0.0399. The third-order valence-corrected chi connectivity index (χ3v) is 6.85. The van der Waals surface area contributed by atoms with Crippen molar-refractivity contribution in [2.24, 2.45) is 0 Å². The number of allylic oxidation sites excluding steroid dienone is 1. The molecule has 2 saturated heterocycles. The lowest BCUT2D eigenvalue weighted by Crippen LogP contribution is -2.52. The first kappa shape index (κ1) is 20.2. The van der Waals surface area contributed by atoms with Crippen molar-refractivity contribution in [3.8, 4) is 0 Å². The number of aryl methyl sites for hydroxylation is 1. The van der Waals surface area contributed by atoms with Gasteiger partial charge >= 0.3 is 5.13 Å². The van der Waals surface area contributed by atoms with Crippen LogP contribution >= 0.6 is 22.9 Å². The van der Waals surface area contributed by atoms with E-state index < -0.39 is 0 Å². The van der Waals surface area contributed by atoms with Gasteiger partial charge in [0, 0.05) is 31.4 Å². The Bertz CT molecular complexity index is 596. The molecule has 1 aromatic heterocycles. The van der Waals surface area contributed by atoms with Crippen LogP contribution in [0.3, 0.4) is 0 Å². The average Bonchev–Trinajstić information content (AvgIpc) is 3.25. The van der Waals surface area contributed by atoms with Crippen LogP contribution < -0.4 is 4.65 Å². The number of unbranched alkanes of at least 4 members (excludes halogenated alkanes) is 1. The Morgan fingerprint density at radius 3 is 2.92 bits per heavy atom. The molecule has 0 bridgehead atoms. The normalized spacial score (nSPS) is 27.7. The second-order valence-electron chi connectivity index (χ2n) is 7.34. The Balaban J connectivity index is 1.63. The minimum Gasteiger partial charge on any atom is -0.623 e. The molecular weight excluding hydrogens is 370 g/mol. The summed E-state index contributed by atoms with van der Waals surface area (Å²) in [6, 6.07) is 0. The first-order chi connectivity index (χ1) is 12.6. The smallest absolute Gasteiger partial charge is 0.309 e. The van der Waals surface area contributed by atoms with Crippen LogP contribution in [0, 0.1) is 5.21 Å². The van der Waals surface area contributed by atoms with E-state index in [4.69, 9.17) is 11.6 Å². The third-order valence-electron chi connectivity index (χ3n) is 5.23. The topological polar surface area (TPSA) is 55.1 Å². The van der Waals surface area contributed by atoms with E-state index in [0.717, 1.165) is 69.7 Å². The molecule has 0 spiro atoms. The molecule has 0 radical (unpaired) electrons. The van der Waals surface area contributed by atoms with Crippen LogP contribution in [0.1, 0.15) is 44.0 Å². The quantitative estimate of drug-likeness (QED) is 0.142. The number of nitrogens with zero attached hydrogens (tertiary/aromatic N) is 5. The van der Waals surface area contributed by atoms with E-state index in [1.54, 1.807) is 0 Å². The van der Waals surface area contributed by atoms with Gasteiger partial charge in [0.05, 0.1) is 6.54 Å². The van der Waals surface area contributed by atoms with Gasteiger partial charge in [0.15, 0.2) is 6.17 Å². The molecule has 3 unspecified atom stereocenters. The Kier molecular flexibility index (Phi) is 7.05. The number of quaternary nitrogens is 1. The van der Waals surface area contributed by atoms with Crippen LogP contribution in [0.5, 0.6) is 0 Å². The van der Waals surface area contributed by atoms with Gasteiger partial charge in [-0.25, -0.2) is 9.80 Å². The van der Waals surface area contributed by atoms with Crippen molar-refractivity contribution >= 4 is 28.1 Å². The van der Waals surface area contributed by atoms with Crippen LogP contribution in [0.25, 0.3) is 0 Å². The summed E-state index contributed by atoms with van der Waals surface area (Å²) < 4.78 is -0.364. The molecule has 0 N–H and O–H groups in total. The van der Waals surface area contributed by atoms with Gasteiger partial charge in [0.2, 0.25) is 0 Å². The SMILES string of the molecule is C=CCCCc1nnc([N+]2([O-])CN(CCCC(Cl)CC)CC2N2CC2)s1. The van der Waals surface area contributed by atoms with Gasteiger partial charge in [-0.3, -0.25) is 4.65 Å². The van der Waals surface area contributed by atoms with Crippen molar-refractivity contribution in [1.82, 2.24) is 24.6 Å². The molecule has 3 atom stereocenters. The van der Waals surface area contributed by atoms with Crippen molar-refractivity contribution in [3.05, 3.63) is 22.9 Å². The highest BCUT2D eigenvalue weighted by Gasteiger charge is 2.49. The molecule has 3 heterocycles. The minimum atomic E-state index is -0.364. The van der Waals surface area contributed by atoms with E-state index in [2.05, 4.69) is 33.5 Å². The second-order valence-corrected chi connectivity index (χ2v) is 9.00. The molecule has 26 heavy (non-hydrogen) atoms. The second kappa shape index (κ2) is 9.08. The largest absolute Gasteiger partial charge is 0.623 e. The molecule has 2 fully saturated rings. The molecule has 3 rings (SSSR count). The van der Waals surface area contributed by atoms with Crippen molar-refractivity contribution in [3.63, 3.8) is 0 Å². The lowest BCUT2D eigenvalue weighted by Gasteiger charge is -2.39. The Labute approximate surface area is 165 Å². The lowest BCUT2D eigenvalue weighted by molar-refractivity contribution is 0.231. The first-order valence-corrected chi connectivity index (χ1v) is 10.9. The van der Waals surface area contributed by atoms with E-state index in [1.807, 2.05) is 6.08 Å². The highest BCUT2D eigenvalue weighted by Crippen LogP contribution is 2.37. The summed E-state index contributed by atoms with van der Waals surface area (Å²) in [6.07, 6.45) is 7.77. The summed E-state index contributed by atoms with van der Waals surface area (Å²) in [7, 11) is 0. The van der Waals surface area contributed by atoms with E-state index in [9.17, 15) is 5.21 Å². The van der Waals surface area contributed by atoms with Gasteiger partial charge < -0.3 is 5.21 Å². The zero-order valence-electron chi connectivity index (χ0n) is 15.6. The van der Waals surface area contributed by atoms with Gasteiger partial charge in [0.25, 0.3) is 0 Å². The Morgan fingerprint density at radius 2 is 2.23 bits per heavy atom. The zero-order valence-corrected chi connectivity index (χ0v) is 17.2. The Morgan fingerprint density at radius 1 is 1.42 bits per heavy atom. The third kappa shape index (κ3) is 4.82. The number of hydroxylamine groups is 2. The van der Waals surface area contributed by atoms with Gasteiger partial charge in [-0.05, 0) is 43.4 Å². The van der Waals surface area contributed by atoms with E-state index >= 15 is 0 Å². The summed E-state index contributed by atoms with van der Waals surface area (Å²) in [4.78, 5) is 4.55. The molecule has 6 nitrogen and oxygen atoms in total. The molecule has 0 aliphatic carbocycles. The van der Waals surface area contributed by atoms with E-state index in [1.165, 1.54) is 11.3 Å². The molecule has 8 heteroatoms. The average molecular weight is 400 g/mol. The molecule has 0 amide bonds. The highest BCUT2D eigenvalue weighted by molar-refractivity contribution is 7.15. The van der Waals surface area contributed by atoms with Crippen LogP contribution in [0.15, 0.2) is 12.7 Å². The van der Waals surface area contributed by atoms with E-state index in [0.29, 0.717) is 11.8 Å². The molecule has 0 aromatic carbocycles. The summed E-state index contributed by atoms with van der Waals surface area (Å²) in [5.74, 6) is 0. The van der Waals surface area contributed by atoms with Gasteiger partial charge in [0.1, 0.15) is 11.7 Å². The molecule has 1 aromatic rings. The fourth-order valence-electron chi connectivity index (χ4n) is 3.53. The van der Waals surface area contributed by atoms with Gasteiger partial charge in [-0.2, -0.15) is 0 Å². The summed E-state index contributed by atoms with van der Waals surface area (Å²) in [6.45, 7) is 10.1. The zero-order chi connectivity index (χ0) is 18.6. The van der Waals surface area contributed by atoms with Crippen LogP contribution in [0.4, 0.5) is 5.13 Å². The molecule has 146 valence electrons. The number of alkyl halides is 1. The van der Waals surface area contributed by atoms with Gasteiger partial charge in [-0.15, -0.1) is 23.3 Å². The fourth-order valence-corrected chi connectivity index (χ4v) is 4.64. The predicted molar refractivity (Wildman–Crippen MR) is 109 cm³/mol. The number of rotatable bonds is 11. The summed E-state index contributed by atoms with van der Waals surface area (Å²) >= 11 is 7.72. The maximum Gasteiger partial charge on any atom is 0.309 e. The Hall–Kier alpha value is -0.570. The number of aromatic nitrogens is 2. The van der Waals surface area contributed by atoms with Crippen LogP contribution in [-0.4, -0.2) is 64.4 Å². The maximum atomic E-state index is 13.7. The number of halogens is 1. The van der Waals surface area contributed by atoms with Crippen LogP contribution in [0.2, 0.25) is 0 Å². The maximum absolute atomic E-state index is 13.7. The fraction of sp³-hybridized carbons (Fsp3) is 0.778. The molecular formula is C18H30ClN5OS. The van der Waals surface area contributed by atoms with Gasteiger partial charge in [-0.1, -0.05) is 18.1 Å². The highest BCUT2D eigenvalue weighted by atomic mass is 35.5. The molecule has 2 aliphatic heterocycles. The van der Waals surface area contributed by atoms with E-state index in [-0.39, 0.29) is 16.2 Å². The standard InChI is InChI=1S/C18H30ClN5OS/c1-3-5-6-9-16-20-21-18(26-16)24(25)14-22(10-7-8-15(19)4-2)13-17(24)23-11-12-23/h3,15,17H,1,4-14H2,2H3. The predicted octanol–water partition coefficient (Wildman–Crippen LogP) is 3.56. The van der Waals surface area contributed by atoms with Crippen molar-refractivity contribution < 1.29 is 0 Å². The van der Waals surface area contributed by atoms with Crippen molar-refractivity contribution in [2.75, 3.05) is 32.8 Å². The molecule has 2 aliphatic rings. The number of hydrogen-bond donors (Lipinski definition) is 0. The lowest BCUT2D eigenvalue weighted by atomic mass is 10.2. The summed E-state index contributed by atoms with van der Waals surface area (Å²) in [5.41, 5.74) is 0. The van der Waals surface area contributed by atoms with Crippen LogP contribution in [-0.2, 0) is 6.42 Å². The molecule has 0 saturated carbocycles. The van der Waals surface area contributed by atoms with Crippen molar-refractivity contribution in [2.45, 2.75) is 57.0 Å². The number of hydrogen-bond acceptors (Lipinski definition) is 6. The summed E-state index contributed by atoms with van der Waals surface area (Å²) in [5, 5.41) is 24.1.